The van der Waals surface area contributed by atoms with Crippen molar-refractivity contribution < 1.29 is 14.7 Å². The molecule has 1 heterocycles. The van der Waals surface area contributed by atoms with E-state index in [2.05, 4.69) is 20.8 Å². The van der Waals surface area contributed by atoms with Gasteiger partial charge in [0.15, 0.2) is 0 Å². The first kappa shape index (κ1) is 14.4. The topological polar surface area (TPSA) is 57.6 Å². The van der Waals surface area contributed by atoms with Crippen LogP contribution in [0, 0.1) is 0 Å². The zero-order valence-electron chi connectivity index (χ0n) is 10.7. The average Bonchev–Trinajstić information content (AvgIpc) is 2.60. The molecule has 0 aromatic carbocycles. The van der Waals surface area contributed by atoms with Gasteiger partial charge in [-0.3, -0.25) is 9.59 Å². The van der Waals surface area contributed by atoms with Gasteiger partial charge in [0.05, 0.1) is 12.2 Å². The summed E-state index contributed by atoms with van der Waals surface area (Å²) >= 11 is 1.61. The third-order valence-corrected chi connectivity index (χ3v) is 3.99. The zero-order valence-corrected chi connectivity index (χ0v) is 11.5. The highest BCUT2D eigenvalue weighted by molar-refractivity contribution is 8.01. The molecule has 1 aliphatic rings. The van der Waals surface area contributed by atoms with Crippen molar-refractivity contribution in [1.82, 2.24) is 4.90 Å². The van der Waals surface area contributed by atoms with Gasteiger partial charge in [0.1, 0.15) is 0 Å². The van der Waals surface area contributed by atoms with E-state index in [1.807, 2.05) is 0 Å². The highest BCUT2D eigenvalue weighted by Crippen LogP contribution is 2.26. The summed E-state index contributed by atoms with van der Waals surface area (Å²) in [7, 11) is 0. The molecule has 0 aromatic heterocycles. The minimum atomic E-state index is -0.821. The molecule has 1 rings (SSSR count). The number of carboxylic acids is 1. The summed E-state index contributed by atoms with van der Waals surface area (Å²) in [5.41, 5.74) is 0. The highest BCUT2D eigenvalue weighted by Gasteiger charge is 2.30. The van der Waals surface area contributed by atoms with E-state index in [0.717, 1.165) is 12.8 Å². The maximum atomic E-state index is 12.0. The number of amides is 1. The summed E-state index contributed by atoms with van der Waals surface area (Å²) in [6.45, 7) is 6.93. The van der Waals surface area contributed by atoms with Crippen LogP contribution in [0.15, 0.2) is 0 Å². The fraction of sp³-hybridized carbons (Fsp3) is 0.833. The second-order valence-corrected chi connectivity index (χ2v) is 7.18. The summed E-state index contributed by atoms with van der Waals surface area (Å²) in [4.78, 5) is 24.4. The first-order valence-corrected chi connectivity index (χ1v) is 6.93. The van der Waals surface area contributed by atoms with Gasteiger partial charge in [-0.1, -0.05) is 20.8 Å². The minimum absolute atomic E-state index is 0.0671. The molecular weight excluding hydrogens is 238 g/mol. The molecule has 1 saturated heterocycles. The SMILES string of the molecule is CC(C)(C)SCC(=O)N1CCCC1CC(=O)O. The van der Waals surface area contributed by atoms with Crippen molar-refractivity contribution in [3.05, 3.63) is 0 Å². The summed E-state index contributed by atoms with van der Waals surface area (Å²) < 4.78 is 0.0671. The Kier molecular flexibility index (Phi) is 4.86. The van der Waals surface area contributed by atoms with Gasteiger partial charge in [0.2, 0.25) is 5.91 Å². The lowest BCUT2D eigenvalue weighted by Gasteiger charge is -2.25. The fourth-order valence-corrected chi connectivity index (χ4v) is 2.66. The van der Waals surface area contributed by atoms with Gasteiger partial charge in [0, 0.05) is 17.3 Å². The van der Waals surface area contributed by atoms with Crippen molar-refractivity contribution in [3.8, 4) is 0 Å². The maximum absolute atomic E-state index is 12.0. The van der Waals surface area contributed by atoms with Crippen molar-refractivity contribution >= 4 is 23.6 Å². The van der Waals surface area contributed by atoms with E-state index in [1.165, 1.54) is 0 Å². The number of carboxylic acid groups (broad SMARTS) is 1. The van der Waals surface area contributed by atoms with Crippen LogP contribution in [0.5, 0.6) is 0 Å². The second-order valence-electron chi connectivity index (χ2n) is 5.38. The van der Waals surface area contributed by atoms with E-state index in [1.54, 1.807) is 16.7 Å². The molecular formula is C12H21NO3S. The third-order valence-electron chi connectivity index (χ3n) is 2.74. The normalized spacial score (nSPS) is 20.6. The van der Waals surface area contributed by atoms with Gasteiger partial charge in [-0.25, -0.2) is 0 Å². The largest absolute Gasteiger partial charge is 0.481 e. The van der Waals surface area contributed by atoms with Crippen LogP contribution in [0.25, 0.3) is 0 Å². The number of carbonyl (C=O) groups excluding carboxylic acids is 1. The first-order valence-electron chi connectivity index (χ1n) is 5.95. The highest BCUT2D eigenvalue weighted by atomic mass is 32.2. The minimum Gasteiger partial charge on any atom is -0.481 e. The van der Waals surface area contributed by atoms with Gasteiger partial charge in [-0.05, 0) is 12.8 Å². The molecule has 4 nitrogen and oxygen atoms in total. The Labute approximate surface area is 107 Å². The molecule has 0 aromatic rings. The Bertz CT molecular complexity index is 299. The molecule has 1 aliphatic heterocycles. The molecule has 17 heavy (non-hydrogen) atoms. The van der Waals surface area contributed by atoms with E-state index < -0.39 is 5.97 Å². The number of likely N-dealkylation sites (tertiary alicyclic amines) is 1. The van der Waals surface area contributed by atoms with Crippen LogP contribution < -0.4 is 0 Å². The van der Waals surface area contributed by atoms with Crippen LogP contribution in [-0.2, 0) is 9.59 Å². The summed E-state index contributed by atoms with van der Waals surface area (Å²) in [6.07, 6.45) is 1.81. The van der Waals surface area contributed by atoms with Gasteiger partial charge >= 0.3 is 5.97 Å². The van der Waals surface area contributed by atoms with Crippen molar-refractivity contribution in [2.45, 2.75) is 50.8 Å². The van der Waals surface area contributed by atoms with Crippen molar-refractivity contribution in [2.75, 3.05) is 12.3 Å². The lowest BCUT2D eigenvalue weighted by molar-refractivity contribution is -0.139. The number of thioether (sulfide) groups is 1. The number of rotatable bonds is 4. The number of hydrogen-bond donors (Lipinski definition) is 1. The molecule has 1 amide bonds. The van der Waals surface area contributed by atoms with Crippen molar-refractivity contribution in [1.29, 1.82) is 0 Å². The van der Waals surface area contributed by atoms with E-state index in [0.29, 0.717) is 12.3 Å². The van der Waals surface area contributed by atoms with Crippen LogP contribution in [0.3, 0.4) is 0 Å². The molecule has 0 bridgehead atoms. The van der Waals surface area contributed by atoms with Crippen LogP contribution in [0.2, 0.25) is 0 Å². The summed E-state index contributed by atoms with van der Waals surface area (Å²) in [5, 5.41) is 8.79. The van der Waals surface area contributed by atoms with Crippen molar-refractivity contribution in [2.24, 2.45) is 0 Å². The Hall–Kier alpha value is -0.710. The van der Waals surface area contributed by atoms with Crippen LogP contribution in [0.4, 0.5) is 0 Å². The van der Waals surface area contributed by atoms with E-state index in [4.69, 9.17) is 5.11 Å². The first-order chi connectivity index (χ1) is 7.79. The molecule has 1 atom stereocenters. The summed E-state index contributed by atoms with van der Waals surface area (Å²) in [5.74, 6) is -0.300. The molecule has 0 aliphatic carbocycles. The smallest absolute Gasteiger partial charge is 0.305 e. The zero-order chi connectivity index (χ0) is 13.1. The van der Waals surface area contributed by atoms with Gasteiger partial charge < -0.3 is 10.0 Å². The van der Waals surface area contributed by atoms with E-state index in [9.17, 15) is 9.59 Å². The van der Waals surface area contributed by atoms with Crippen molar-refractivity contribution in [3.63, 3.8) is 0 Å². The Balaban J connectivity index is 2.47. The molecule has 5 heteroatoms. The van der Waals surface area contributed by atoms with E-state index in [-0.39, 0.29) is 23.1 Å². The Morgan fingerprint density at radius 1 is 1.41 bits per heavy atom. The number of carbonyl (C=O) groups is 2. The molecule has 0 spiro atoms. The predicted molar refractivity (Wildman–Crippen MR) is 69.2 cm³/mol. The molecule has 1 fully saturated rings. The molecule has 98 valence electrons. The van der Waals surface area contributed by atoms with Crippen LogP contribution in [0.1, 0.15) is 40.0 Å². The lowest BCUT2D eigenvalue weighted by Crippen LogP contribution is -2.38. The standard InChI is InChI=1S/C12H21NO3S/c1-12(2,3)17-8-10(14)13-6-4-5-9(13)7-11(15)16/h9H,4-8H2,1-3H3,(H,15,16). The Morgan fingerprint density at radius 3 is 2.59 bits per heavy atom. The summed E-state index contributed by atoms with van der Waals surface area (Å²) in [6, 6.07) is -0.0967. The quantitative estimate of drug-likeness (QED) is 0.838. The monoisotopic (exact) mass is 259 g/mol. The number of nitrogens with zero attached hydrogens (tertiary/aromatic N) is 1. The second kappa shape index (κ2) is 5.76. The van der Waals surface area contributed by atoms with Gasteiger partial charge in [-0.15, -0.1) is 11.8 Å². The molecule has 1 N–H and O–H groups in total. The molecule has 1 unspecified atom stereocenters. The van der Waals surface area contributed by atoms with Crippen LogP contribution >= 0.6 is 11.8 Å². The molecule has 0 radical (unpaired) electrons. The average molecular weight is 259 g/mol. The number of aliphatic carboxylic acids is 1. The maximum Gasteiger partial charge on any atom is 0.305 e. The Morgan fingerprint density at radius 2 is 2.06 bits per heavy atom. The fourth-order valence-electron chi connectivity index (χ4n) is 1.94. The van der Waals surface area contributed by atoms with Gasteiger partial charge in [0.25, 0.3) is 0 Å². The van der Waals surface area contributed by atoms with Crippen LogP contribution in [-0.4, -0.2) is 45.0 Å². The predicted octanol–water partition coefficient (Wildman–Crippen LogP) is 1.98. The third kappa shape index (κ3) is 4.98. The lowest BCUT2D eigenvalue weighted by atomic mass is 10.1. The molecule has 0 saturated carbocycles. The number of hydrogen-bond acceptors (Lipinski definition) is 3. The van der Waals surface area contributed by atoms with Gasteiger partial charge in [-0.2, -0.15) is 0 Å². The van der Waals surface area contributed by atoms with E-state index >= 15 is 0 Å².